The van der Waals surface area contributed by atoms with Crippen LogP contribution in [0.3, 0.4) is 0 Å². The van der Waals surface area contributed by atoms with E-state index in [0.717, 1.165) is 4.47 Å². The van der Waals surface area contributed by atoms with Gasteiger partial charge in [0.05, 0.1) is 0 Å². The van der Waals surface area contributed by atoms with Gasteiger partial charge in [-0.1, -0.05) is 46.3 Å². The Hall–Kier alpha value is -2.58. The maximum atomic E-state index is 12.8. The van der Waals surface area contributed by atoms with Gasteiger partial charge in [-0.05, 0) is 54.3 Å². The molecule has 2 rings (SSSR count). The van der Waals surface area contributed by atoms with Crippen LogP contribution in [0.15, 0.2) is 64.8 Å². The molecule has 0 aliphatic rings. The molecule has 152 valence electrons. The maximum Gasteiger partial charge on any atom is 0.326 e. The zero-order chi connectivity index (χ0) is 21.2. The van der Waals surface area contributed by atoms with E-state index in [1.807, 2.05) is 6.26 Å². The highest BCUT2D eigenvalue weighted by molar-refractivity contribution is 9.10. The van der Waals surface area contributed by atoms with Gasteiger partial charge in [-0.2, -0.15) is 11.8 Å². The number of carbonyl (C=O) groups is 3. The summed E-state index contributed by atoms with van der Waals surface area (Å²) in [5.74, 6) is -1.66. The molecule has 0 unspecified atom stereocenters. The minimum absolute atomic E-state index is 0.0309. The number of amides is 2. The molecule has 0 saturated heterocycles. The molecule has 2 aromatic carbocycles. The number of thioether (sulfide) groups is 1. The Kier molecular flexibility index (Phi) is 8.95. The van der Waals surface area contributed by atoms with Crippen molar-refractivity contribution in [2.75, 3.05) is 12.0 Å². The summed E-state index contributed by atoms with van der Waals surface area (Å²) in [6.45, 7) is 0. The second-order valence-electron chi connectivity index (χ2n) is 6.08. The molecule has 6 nitrogen and oxygen atoms in total. The third-order valence-electron chi connectivity index (χ3n) is 3.92. The number of nitrogens with one attached hydrogen (secondary N) is 2. The number of hydrogen-bond acceptors (Lipinski definition) is 4. The predicted octanol–water partition coefficient (Wildman–Crippen LogP) is 3.54. The number of carbonyl (C=O) groups excluding carboxylic acids is 2. The standard InChI is InChI=1S/C21H21BrN2O4S/c1-29-12-11-17(21(27)28)23-20(26)18(13-14-7-9-16(22)10-8-14)24-19(25)15-5-3-2-4-6-15/h2-10,13,17H,11-12H2,1H3,(H,23,26)(H,24,25)(H,27,28)/b18-13+/t17-/m1/s1. The van der Waals surface area contributed by atoms with Crippen molar-refractivity contribution < 1.29 is 19.5 Å². The van der Waals surface area contributed by atoms with Crippen LogP contribution < -0.4 is 10.6 Å². The van der Waals surface area contributed by atoms with Gasteiger partial charge in [-0.3, -0.25) is 9.59 Å². The Bertz CT molecular complexity index is 885. The Balaban J connectivity index is 2.27. The monoisotopic (exact) mass is 476 g/mol. The minimum atomic E-state index is -1.12. The lowest BCUT2D eigenvalue weighted by molar-refractivity contribution is -0.141. The Labute approximate surface area is 181 Å². The van der Waals surface area contributed by atoms with E-state index >= 15 is 0 Å². The van der Waals surface area contributed by atoms with Crippen LogP contribution in [0, 0.1) is 0 Å². The molecule has 1 atom stereocenters. The van der Waals surface area contributed by atoms with Crippen LogP contribution >= 0.6 is 27.7 Å². The van der Waals surface area contributed by atoms with Crippen molar-refractivity contribution in [1.29, 1.82) is 0 Å². The van der Waals surface area contributed by atoms with Gasteiger partial charge in [0.15, 0.2) is 0 Å². The molecular weight excluding hydrogens is 456 g/mol. The Morgan fingerprint density at radius 2 is 1.76 bits per heavy atom. The fraction of sp³-hybridized carbons (Fsp3) is 0.190. The van der Waals surface area contributed by atoms with Crippen molar-refractivity contribution in [2.24, 2.45) is 0 Å². The van der Waals surface area contributed by atoms with Gasteiger partial charge in [0.1, 0.15) is 11.7 Å². The lowest BCUT2D eigenvalue weighted by Gasteiger charge is -2.16. The third-order valence-corrected chi connectivity index (χ3v) is 5.10. The maximum absolute atomic E-state index is 12.8. The number of hydrogen-bond donors (Lipinski definition) is 3. The van der Waals surface area contributed by atoms with Crippen LogP contribution in [-0.2, 0) is 9.59 Å². The van der Waals surface area contributed by atoms with Gasteiger partial charge in [0.25, 0.3) is 11.8 Å². The van der Waals surface area contributed by atoms with Crippen molar-refractivity contribution in [3.63, 3.8) is 0 Å². The summed E-state index contributed by atoms with van der Waals surface area (Å²) in [5, 5.41) is 14.5. The highest BCUT2D eigenvalue weighted by Crippen LogP contribution is 2.13. The SMILES string of the molecule is CSCC[C@@H](NC(=O)/C(=C\c1ccc(Br)cc1)NC(=O)c1ccccc1)C(=O)O. The first kappa shape index (κ1) is 22.7. The molecule has 0 aliphatic heterocycles. The van der Waals surface area contributed by atoms with Crippen molar-refractivity contribution in [2.45, 2.75) is 12.5 Å². The number of carboxylic acids is 1. The lowest BCUT2D eigenvalue weighted by atomic mass is 10.1. The number of halogens is 1. The van der Waals surface area contributed by atoms with Gasteiger partial charge >= 0.3 is 5.97 Å². The van der Waals surface area contributed by atoms with E-state index in [-0.39, 0.29) is 12.1 Å². The topological polar surface area (TPSA) is 95.5 Å². The summed E-state index contributed by atoms with van der Waals surface area (Å²) in [4.78, 5) is 36.8. The number of carboxylic acid groups (broad SMARTS) is 1. The van der Waals surface area contributed by atoms with E-state index in [9.17, 15) is 19.5 Å². The highest BCUT2D eigenvalue weighted by atomic mass is 79.9. The van der Waals surface area contributed by atoms with E-state index in [4.69, 9.17) is 0 Å². The summed E-state index contributed by atoms with van der Waals surface area (Å²) in [6, 6.07) is 14.6. The Morgan fingerprint density at radius 1 is 1.10 bits per heavy atom. The fourth-order valence-electron chi connectivity index (χ4n) is 2.40. The molecule has 0 aromatic heterocycles. The number of benzene rings is 2. The van der Waals surface area contributed by atoms with Crippen molar-refractivity contribution in [1.82, 2.24) is 10.6 Å². The average molecular weight is 477 g/mol. The van der Waals surface area contributed by atoms with Gasteiger partial charge in [0, 0.05) is 10.0 Å². The normalized spacial score (nSPS) is 12.1. The molecule has 0 saturated carbocycles. The van der Waals surface area contributed by atoms with E-state index < -0.39 is 23.8 Å². The molecule has 8 heteroatoms. The molecule has 0 radical (unpaired) electrons. The molecule has 0 fully saturated rings. The van der Waals surface area contributed by atoms with Crippen LogP contribution in [0.25, 0.3) is 6.08 Å². The van der Waals surface area contributed by atoms with Crippen LogP contribution in [0.5, 0.6) is 0 Å². The quantitative estimate of drug-likeness (QED) is 0.481. The summed E-state index contributed by atoms with van der Waals surface area (Å²) in [6.07, 6.45) is 3.65. The second-order valence-corrected chi connectivity index (χ2v) is 7.98. The molecule has 3 N–H and O–H groups in total. The first-order valence-corrected chi connectivity index (χ1v) is 11.0. The van der Waals surface area contributed by atoms with Gasteiger partial charge in [0.2, 0.25) is 0 Å². The lowest BCUT2D eigenvalue weighted by Crippen LogP contribution is -2.44. The van der Waals surface area contributed by atoms with Crippen LogP contribution in [-0.4, -0.2) is 40.9 Å². The number of rotatable bonds is 9. The molecule has 0 spiro atoms. The zero-order valence-electron chi connectivity index (χ0n) is 15.7. The first-order chi connectivity index (χ1) is 13.9. The molecule has 29 heavy (non-hydrogen) atoms. The molecule has 0 aliphatic carbocycles. The molecule has 0 heterocycles. The van der Waals surface area contributed by atoms with Crippen molar-refractivity contribution >= 4 is 51.6 Å². The smallest absolute Gasteiger partial charge is 0.326 e. The van der Waals surface area contributed by atoms with E-state index in [1.165, 1.54) is 17.8 Å². The zero-order valence-corrected chi connectivity index (χ0v) is 18.1. The summed E-state index contributed by atoms with van der Waals surface area (Å²) in [5.41, 5.74) is 1.04. The molecule has 0 bridgehead atoms. The summed E-state index contributed by atoms with van der Waals surface area (Å²) in [7, 11) is 0. The Morgan fingerprint density at radius 3 is 2.34 bits per heavy atom. The second kappa shape index (κ2) is 11.4. The third kappa shape index (κ3) is 7.40. The molecule has 2 aromatic rings. The van der Waals surface area contributed by atoms with Crippen molar-refractivity contribution in [3.05, 3.63) is 75.9 Å². The summed E-state index contributed by atoms with van der Waals surface area (Å²) >= 11 is 4.84. The minimum Gasteiger partial charge on any atom is -0.480 e. The van der Waals surface area contributed by atoms with E-state index in [2.05, 4.69) is 26.6 Å². The van der Waals surface area contributed by atoms with Crippen LogP contribution in [0.2, 0.25) is 0 Å². The van der Waals surface area contributed by atoms with Crippen LogP contribution in [0.4, 0.5) is 0 Å². The number of aliphatic carboxylic acids is 1. The molecule has 2 amide bonds. The molecular formula is C21H21BrN2O4S. The fourth-order valence-corrected chi connectivity index (χ4v) is 3.13. The first-order valence-electron chi connectivity index (χ1n) is 8.77. The van der Waals surface area contributed by atoms with Gasteiger partial charge in [-0.15, -0.1) is 0 Å². The predicted molar refractivity (Wildman–Crippen MR) is 119 cm³/mol. The van der Waals surface area contributed by atoms with Gasteiger partial charge in [-0.25, -0.2) is 4.79 Å². The van der Waals surface area contributed by atoms with E-state index in [0.29, 0.717) is 16.9 Å². The average Bonchev–Trinajstić information content (AvgIpc) is 2.72. The van der Waals surface area contributed by atoms with Crippen molar-refractivity contribution in [3.8, 4) is 0 Å². The van der Waals surface area contributed by atoms with Crippen LogP contribution in [0.1, 0.15) is 22.3 Å². The van der Waals surface area contributed by atoms with Gasteiger partial charge < -0.3 is 15.7 Å². The van der Waals surface area contributed by atoms with E-state index in [1.54, 1.807) is 54.6 Å². The summed E-state index contributed by atoms with van der Waals surface area (Å²) < 4.78 is 0.872. The largest absolute Gasteiger partial charge is 0.480 e. The highest BCUT2D eigenvalue weighted by Gasteiger charge is 2.22.